The molecule has 5 nitrogen and oxygen atoms in total. The van der Waals surface area contributed by atoms with Gasteiger partial charge in [-0.3, -0.25) is 4.79 Å². The standard InChI is InChI=1S/C26H28N2O3/c1-2-17-31-25-16-7-6-15-24(25)28-26(29)20-27-22-13-8-14-23(19-22)30-18-9-12-21-10-4-3-5-11-21/h2-8,10-11,13-16,19,27H,1,9,12,17-18,20H2,(H,28,29). The van der Waals surface area contributed by atoms with Gasteiger partial charge in [-0.25, -0.2) is 0 Å². The van der Waals surface area contributed by atoms with Crippen molar-refractivity contribution >= 4 is 17.3 Å². The van der Waals surface area contributed by atoms with E-state index in [4.69, 9.17) is 9.47 Å². The molecule has 0 spiro atoms. The Balaban J connectivity index is 1.44. The minimum absolute atomic E-state index is 0.132. The van der Waals surface area contributed by atoms with Crippen LogP contribution in [0.2, 0.25) is 0 Å². The fourth-order valence-electron chi connectivity index (χ4n) is 3.03. The van der Waals surface area contributed by atoms with Gasteiger partial charge in [0.25, 0.3) is 0 Å². The van der Waals surface area contributed by atoms with Crippen molar-refractivity contribution in [2.45, 2.75) is 12.8 Å². The molecule has 0 aliphatic carbocycles. The fourth-order valence-corrected chi connectivity index (χ4v) is 3.03. The second kappa shape index (κ2) is 12.1. The molecule has 0 aromatic heterocycles. The number of benzene rings is 3. The first kappa shape index (κ1) is 22.0. The molecule has 0 saturated heterocycles. The summed E-state index contributed by atoms with van der Waals surface area (Å²) in [6.45, 7) is 4.79. The summed E-state index contributed by atoms with van der Waals surface area (Å²) in [6.07, 6.45) is 3.59. The minimum atomic E-state index is -0.163. The molecule has 0 bridgehead atoms. The normalized spacial score (nSPS) is 10.2. The number of anilines is 2. The lowest BCUT2D eigenvalue weighted by atomic mass is 10.1. The molecule has 0 saturated carbocycles. The number of rotatable bonds is 12. The third kappa shape index (κ3) is 7.55. The summed E-state index contributed by atoms with van der Waals surface area (Å²) in [5.41, 5.74) is 2.77. The third-order valence-electron chi connectivity index (χ3n) is 4.53. The number of para-hydroxylation sites is 2. The number of aryl methyl sites for hydroxylation is 1. The summed E-state index contributed by atoms with van der Waals surface area (Å²) in [5, 5.41) is 6.00. The molecule has 2 N–H and O–H groups in total. The van der Waals surface area contributed by atoms with Crippen molar-refractivity contribution in [3.63, 3.8) is 0 Å². The number of amides is 1. The van der Waals surface area contributed by atoms with Crippen molar-refractivity contribution in [1.82, 2.24) is 0 Å². The second-order valence-corrected chi connectivity index (χ2v) is 6.96. The molecule has 0 radical (unpaired) electrons. The van der Waals surface area contributed by atoms with Crippen LogP contribution in [0.5, 0.6) is 11.5 Å². The molecule has 3 rings (SSSR count). The Labute approximate surface area is 183 Å². The molecule has 3 aromatic rings. The van der Waals surface area contributed by atoms with Gasteiger partial charge in [-0.2, -0.15) is 0 Å². The quantitative estimate of drug-likeness (QED) is 0.310. The van der Waals surface area contributed by atoms with E-state index in [0.717, 1.165) is 24.3 Å². The Hall–Kier alpha value is -3.73. The first-order valence-electron chi connectivity index (χ1n) is 10.4. The lowest BCUT2D eigenvalue weighted by Gasteiger charge is -2.13. The highest BCUT2D eigenvalue weighted by atomic mass is 16.5. The molecular weight excluding hydrogens is 388 g/mol. The van der Waals surface area contributed by atoms with Gasteiger partial charge in [0.1, 0.15) is 18.1 Å². The number of ether oxygens (including phenoxy) is 2. The van der Waals surface area contributed by atoms with Crippen molar-refractivity contribution in [2.24, 2.45) is 0 Å². The largest absolute Gasteiger partial charge is 0.494 e. The zero-order chi connectivity index (χ0) is 21.7. The van der Waals surface area contributed by atoms with Gasteiger partial charge < -0.3 is 20.1 Å². The van der Waals surface area contributed by atoms with Gasteiger partial charge in [0.05, 0.1) is 18.8 Å². The third-order valence-corrected chi connectivity index (χ3v) is 4.53. The SMILES string of the molecule is C=CCOc1ccccc1NC(=O)CNc1cccc(OCCCc2ccccc2)c1. The minimum Gasteiger partial charge on any atom is -0.494 e. The van der Waals surface area contributed by atoms with Crippen LogP contribution in [0.15, 0.2) is 91.5 Å². The molecule has 5 heteroatoms. The van der Waals surface area contributed by atoms with E-state index >= 15 is 0 Å². The lowest BCUT2D eigenvalue weighted by molar-refractivity contribution is -0.114. The average molecular weight is 417 g/mol. The van der Waals surface area contributed by atoms with Crippen LogP contribution in [0.4, 0.5) is 11.4 Å². The van der Waals surface area contributed by atoms with Crippen molar-refractivity contribution in [3.05, 3.63) is 97.1 Å². The van der Waals surface area contributed by atoms with Crippen LogP contribution >= 0.6 is 0 Å². The summed E-state index contributed by atoms with van der Waals surface area (Å²) < 4.78 is 11.4. The van der Waals surface area contributed by atoms with Crippen molar-refractivity contribution < 1.29 is 14.3 Å². The highest BCUT2D eigenvalue weighted by Crippen LogP contribution is 2.24. The van der Waals surface area contributed by atoms with E-state index in [9.17, 15) is 4.79 Å². The number of carbonyl (C=O) groups is 1. The van der Waals surface area contributed by atoms with Gasteiger partial charge >= 0.3 is 0 Å². The molecule has 0 unspecified atom stereocenters. The fraction of sp³-hybridized carbons (Fsp3) is 0.192. The van der Waals surface area contributed by atoms with Crippen LogP contribution in [0.1, 0.15) is 12.0 Å². The van der Waals surface area contributed by atoms with E-state index in [-0.39, 0.29) is 12.5 Å². The average Bonchev–Trinajstić information content (AvgIpc) is 2.81. The molecule has 0 atom stereocenters. The molecule has 31 heavy (non-hydrogen) atoms. The summed E-state index contributed by atoms with van der Waals surface area (Å²) in [7, 11) is 0. The van der Waals surface area contributed by atoms with Crippen molar-refractivity contribution in [3.8, 4) is 11.5 Å². The van der Waals surface area contributed by atoms with E-state index < -0.39 is 0 Å². The van der Waals surface area contributed by atoms with Gasteiger partial charge in [-0.1, -0.05) is 61.2 Å². The van der Waals surface area contributed by atoms with Gasteiger partial charge in [-0.15, -0.1) is 0 Å². The number of nitrogens with one attached hydrogen (secondary N) is 2. The summed E-state index contributed by atoms with van der Waals surface area (Å²) in [4.78, 5) is 12.4. The Morgan fingerprint density at radius 1 is 0.935 bits per heavy atom. The van der Waals surface area contributed by atoms with Crippen molar-refractivity contribution in [1.29, 1.82) is 0 Å². The summed E-state index contributed by atoms with van der Waals surface area (Å²) >= 11 is 0. The first-order chi connectivity index (χ1) is 15.2. The molecule has 3 aromatic carbocycles. The Morgan fingerprint density at radius 2 is 1.74 bits per heavy atom. The highest BCUT2D eigenvalue weighted by Gasteiger charge is 2.07. The predicted octanol–water partition coefficient (Wildman–Crippen LogP) is 5.31. The van der Waals surface area contributed by atoms with E-state index in [2.05, 4.69) is 29.3 Å². The number of hydrogen-bond donors (Lipinski definition) is 2. The predicted molar refractivity (Wildman–Crippen MR) is 126 cm³/mol. The maximum absolute atomic E-state index is 12.4. The van der Waals surface area contributed by atoms with Crippen LogP contribution in [-0.2, 0) is 11.2 Å². The molecule has 0 fully saturated rings. The van der Waals surface area contributed by atoms with Gasteiger partial charge in [-0.05, 0) is 42.7 Å². The number of carbonyl (C=O) groups excluding carboxylic acids is 1. The second-order valence-electron chi connectivity index (χ2n) is 6.96. The lowest BCUT2D eigenvalue weighted by Crippen LogP contribution is -2.22. The van der Waals surface area contributed by atoms with E-state index in [1.165, 1.54) is 5.56 Å². The molecule has 1 amide bonds. The Bertz CT molecular complexity index is 973. The van der Waals surface area contributed by atoms with Crippen LogP contribution < -0.4 is 20.1 Å². The highest BCUT2D eigenvalue weighted by molar-refractivity contribution is 5.95. The summed E-state index contributed by atoms with van der Waals surface area (Å²) in [5.74, 6) is 1.23. The van der Waals surface area contributed by atoms with E-state index in [1.54, 1.807) is 12.1 Å². The number of hydrogen-bond acceptors (Lipinski definition) is 4. The molecule has 0 heterocycles. The van der Waals surface area contributed by atoms with Gasteiger partial charge in [0.2, 0.25) is 5.91 Å². The first-order valence-corrected chi connectivity index (χ1v) is 10.4. The zero-order valence-corrected chi connectivity index (χ0v) is 17.6. The van der Waals surface area contributed by atoms with Crippen LogP contribution in [-0.4, -0.2) is 25.7 Å². The molecule has 0 aliphatic heterocycles. The Kier molecular flexibility index (Phi) is 8.56. The monoisotopic (exact) mass is 416 g/mol. The maximum Gasteiger partial charge on any atom is 0.243 e. The van der Waals surface area contributed by atoms with Crippen LogP contribution in [0, 0.1) is 0 Å². The molecule has 0 aliphatic rings. The Morgan fingerprint density at radius 3 is 2.58 bits per heavy atom. The van der Waals surface area contributed by atoms with Gasteiger partial charge in [0.15, 0.2) is 0 Å². The van der Waals surface area contributed by atoms with Crippen LogP contribution in [0.25, 0.3) is 0 Å². The van der Waals surface area contributed by atoms with E-state index in [0.29, 0.717) is 24.7 Å². The van der Waals surface area contributed by atoms with Gasteiger partial charge in [0, 0.05) is 11.8 Å². The topological polar surface area (TPSA) is 59.6 Å². The molecular formula is C26H28N2O3. The zero-order valence-electron chi connectivity index (χ0n) is 17.6. The maximum atomic E-state index is 12.4. The molecule has 160 valence electrons. The van der Waals surface area contributed by atoms with E-state index in [1.807, 2.05) is 60.7 Å². The van der Waals surface area contributed by atoms with Crippen molar-refractivity contribution in [2.75, 3.05) is 30.4 Å². The summed E-state index contributed by atoms with van der Waals surface area (Å²) in [6, 6.07) is 25.3. The van der Waals surface area contributed by atoms with Crippen LogP contribution in [0.3, 0.4) is 0 Å². The smallest absolute Gasteiger partial charge is 0.243 e.